The van der Waals surface area contributed by atoms with Gasteiger partial charge in [-0.15, -0.1) is 0 Å². The monoisotopic (exact) mass is 483 g/mol. The van der Waals surface area contributed by atoms with Gasteiger partial charge in [0.25, 0.3) is 0 Å². The van der Waals surface area contributed by atoms with Gasteiger partial charge in [-0.3, -0.25) is 0 Å². The molecule has 0 amide bonds. The topological polar surface area (TPSA) is 29.5 Å². The van der Waals surface area contributed by atoms with Crippen LogP contribution in [-0.2, 0) is 4.79 Å². The number of likely N-dealkylation sites (tertiary alicyclic amines) is 1. The van der Waals surface area contributed by atoms with Gasteiger partial charge >= 0.3 is 174 Å². The van der Waals surface area contributed by atoms with Crippen molar-refractivity contribution < 1.29 is 9.53 Å². The van der Waals surface area contributed by atoms with Crippen LogP contribution in [0.5, 0.6) is 5.75 Å². The van der Waals surface area contributed by atoms with Crippen molar-refractivity contribution in [1.82, 2.24) is 4.90 Å². The van der Waals surface area contributed by atoms with Crippen molar-refractivity contribution in [2.24, 2.45) is 0 Å². The molecule has 0 N–H and O–H groups in total. The van der Waals surface area contributed by atoms with Crippen LogP contribution in [0.4, 0.5) is 0 Å². The minimum atomic E-state index is -0.642. The number of benzene rings is 1. The van der Waals surface area contributed by atoms with Gasteiger partial charge in [-0.1, -0.05) is 0 Å². The number of piperidine rings is 1. The third kappa shape index (κ3) is 9.13. The fourth-order valence-corrected chi connectivity index (χ4v) is 8.37. The predicted octanol–water partition coefficient (Wildman–Crippen LogP) is 4.17. The van der Waals surface area contributed by atoms with Gasteiger partial charge in [-0.05, 0) is 0 Å². The summed E-state index contributed by atoms with van der Waals surface area (Å²) in [5.74, 6) is 1.98. The minimum absolute atomic E-state index is 0.642. The molecule has 0 aromatic heterocycles. The van der Waals surface area contributed by atoms with Gasteiger partial charge in [0.05, 0.1) is 0 Å². The molecule has 1 aromatic rings. The van der Waals surface area contributed by atoms with E-state index in [1.54, 1.807) is 3.58 Å². The number of ether oxygens (including phenoxy) is 1. The molecule has 1 atom stereocenters. The Labute approximate surface area is 173 Å². The first kappa shape index (κ1) is 22.1. The Balaban J connectivity index is 1.82. The summed E-state index contributed by atoms with van der Waals surface area (Å²) in [5, 5.41) is 0. The molecular formula is C21H33NO2SSn. The zero-order valence-electron chi connectivity index (χ0n) is 16.1. The molecule has 2 rings (SSSR count). The van der Waals surface area contributed by atoms with Crippen LogP contribution < -0.4 is 8.32 Å². The van der Waals surface area contributed by atoms with Gasteiger partial charge in [-0.2, -0.15) is 0 Å². The molecule has 1 aliphatic rings. The van der Waals surface area contributed by atoms with E-state index in [9.17, 15) is 4.79 Å². The molecule has 1 saturated heterocycles. The molecule has 0 aliphatic carbocycles. The van der Waals surface area contributed by atoms with Crippen molar-refractivity contribution >= 4 is 42.1 Å². The van der Waals surface area contributed by atoms with Crippen LogP contribution >= 0.6 is 11.8 Å². The van der Waals surface area contributed by atoms with Crippen molar-refractivity contribution in [3.8, 4) is 5.75 Å². The molecule has 1 aliphatic heterocycles. The normalized spacial score (nSPS) is 16.3. The Kier molecular flexibility index (Phi) is 11.8. The van der Waals surface area contributed by atoms with Crippen molar-refractivity contribution in [1.29, 1.82) is 0 Å². The standard InChI is InChI=1S/C11H20NOS.C10H13O.Sn/c13-11-14-10-6-2-5-9-12-7-3-1-4-8-12;1-2-3-9-11-10-7-5-4-6-8-10;/h2,11H,1,3-10H2;5-8H,2-3,9H2,1H3;. The van der Waals surface area contributed by atoms with Gasteiger partial charge in [0.2, 0.25) is 0 Å². The van der Waals surface area contributed by atoms with Crippen LogP contribution in [0, 0.1) is 0 Å². The van der Waals surface area contributed by atoms with E-state index in [2.05, 4.69) is 36.1 Å². The molecule has 0 saturated carbocycles. The van der Waals surface area contributed by atoms with Gasteiger partial charge < -0.3 is 0 Å². The van der Waals surface area contributed by atoms with Gasteiger partial charge in [-0.25, -0.2) is 0 Å². The molecule has 26 heavy (non-hydrogen) atoms. The molecule has 0 spiro atoms. The molecule has 5 heteroatoms. The van der Waals surface area contributed by atoms with E-state index in [4.69, 9.17) is 4.74 Å². The number of hydrogen-bond acceptors (Lipinski definition) is 4. The number of nitrogens with zero attached hydrogens (tertiary/aromatic N) is 1. The first-order chi connectivity index (χ1) is 12.8. The maximum absolute atomic E-state index is 10.7. The zero-order chi connectivity index (χ0) is 18.5. The second-order valence-electron chi connectivity index (χ2n) is 7.01. The third-order valence-corrected chi connectivity index (χ3v) is 10.2. The first-order valence-corrected chi connectivity index (χ1v) is 14.2. The van der Waals surface area contributed by atoms with E-state index in [1.807, 2.05) is 0 Å². The Morgan fingerprint density at radius 1 is 1.19 bits per heavy atom. The summed E-state index contributed by atoms with van der Waals surface area (Å²) in [6, 6.07) is 8.86. The van der Waals surface area contributed by atoms with E-state index in [-0.39, 0.29) is 0 Å². The Morgan fingerprint density at radius 3 is 2.65 bits per heavy atom. The van der Waals surface area contributed by atoms with Crippen LogP contribution in [0.25, 0.3) is 0 Å². The Morgan fingerprint density at radius 2 is 1.96 bits per heavy atom. The van der Waals surface area contributed by atoms with Crippen molar-refractivity contribution in [2.45, 2.75) is 55.8 Å². The molecule has 144 valence electrons. The Bertz CT molecular complexity index is 491. The summed E-state index contributed by atoms with van der Waals surface area (Å²) in [5.41, 5.74) is 0.995. The summed E-state index contributed by atoms with van der Waals surface area (Å²) in [6.45, 7) is 6.81. The van der Waals surface area contributed by atoms with E-state index in [1.165, 1.54) is 69.9 Å². The maximum atomic E-state index is 10.7. The first-order valence-electron chi connectivity index (χ1n) is 10.1. The molecular weight excluding hydrogens is 449 g/mol. The number of thioether (sulfide) groups is 1. The fourth-order valence-electron chi connectivity index (χ4n) is 3.29. The summed E-state index contributed by atoms with van der Waals surface area (Å²) in [4.78, 5) is 13.3. The summed E-state index contributed by atoms with van der Waals surface area (Å²) < 4.78 is 8.15. The summed E-state index contributed by atoms with van der Waals surface area (Å²) in [6.07, 6.45) is 8.92. The summed E-state index contributed by atoms with van der Waals surface area (Å²) in [7, 11) is 0. The van der Waals surface area contributed by atoms with Crippen LogP contribution in [0.2, 0.25) is 3.93 Å². The molecule has 1 heterocycles. The molecule has 1 aromatic carbocycles. The van der Waals surface area contributed by atoms with Gasteiger partial charge in [0.1, 0.15) is 0 Å². The number of rotatable bonds is 13. The number of carbonyl (C=O) groups excluding carboxylic acids is 1. The van der Waals surface area contributed by atoms with Crippen molar-refractivity contribution in [3.63, 3.8) is 0 Å². The predicted molar refractivity (Wildman–Crippen MR) is 115 cm³/mol. The second kappa shape index (κ2) is 13.9. The quantitative estimate of drug-likeness (QED) is 0.240. The summed E-state index contributed by atoms with van der Waals surface area (Å²) >= 11 is 0.793. The molecule has 1 unspecified atom stereocenters. The number of hydrogen-bond donors (Lipinski definition) is 0. The fraction of sp³-hybridized carbons (Fsp3) is 0.667. The third-order valence-electron chi connectivity index (χ3n) is 4.89. The van der Waals surface area contributed by atoms with Crippen LogP contribution in [0.1, 0.15) is 51.9 Å². The van der Waals surface area contributed by atoms with Crippen LogP contribution in [-0.4, -0.2) is 63.7 Å². The van der Waals surface area contributed by atoms with Crippen LogP contribution in [0.3, 0.4) is 0 Å². The zero-order valence-corrected chi connectivity index (χ0v) is 19.8. The van der Waals surface area contributed by atoms with E-state index in [0.717, 1.165) is 34.1 Å². The van der Waals surface area contributed by atoms with Gasteiger partial charge in [0, 0.05) is 0 Å². The van der Waals surface area contributed by atoms with Crippen LogP contribution in [0.15, 0.2) is 24.3 Å². The van der Waals surface area contributed by atoms with Crippen molar-refractivity contribution in [3.05, 3.63) is 24.3 Å². The number of carbonyl (C=O) groups is 1. The average molecular weight is 482 g/mol. The molecule has 0 bridgehead atoms. The SMILES string of the molecule is CCCCOc1cc[c]([Sn][CH](CCSC=O)CCN2CCCCC2)cc1. The molecule has 1 fully saturated rings. The Hall–Kier alpha value is -0.201. The van der Waals surface area contributed by atoms with Gasteiger partial charge in [0.15, 0.2) is 0 Å². The number of unbranched alkanes of at least 4 members (excludes halogenated alkanes) is 1. The van der Waals surface area contributed by atoms with Crippen molar-refractivity contribution in [2.75, 3.05) is 32.0 Å². The molecule has 2 radical (unpaired) electrons. The van der Waals surface area contributed by atoms with E-state index < -0.39 is 21.1 Å². The average Bonchev–Trinajstić information content (AvgIpc) is 2.68. The van der Waals surface area contributed by atoms with E-state index in [0.29, 0.717) is 0 Å². The molecule has 3 nitrogen and oxygen atoms in total. The second-order valence-corrected chi connectivity index (χ2v) is 12.8. The van der Waals surface area contributed by atoms with E-state index >= 15 is 0 Å².